The van der Waals surface area contributed by atoms with Crippen molar-refractivity contribution in [3.63, 3.8) is 0 Å². The lowest BCUT2D eigenvalue weighted by Crippen LogP contribution is -2.53. The van der Waals surface area contributed by atoms with Crippen LogP contribution in [0.4, 0.5) is 0 Å². The summed E-state index contributed by atoms with van der Waals surface area (Å²) in [7, 11) is 3.47. The van der Waals surface area contributed by atoms with Crippen LogP contribution in [-0.4, -0.2) is 54.8 Å². The van der Waals surface area contributed by atoms with E-state index in [0.29, 0.717) is 13.1 Å². The van der Waals surface area contributed by atoms with E-state index in [4.69, 9.17) is 5.73 Å². The third-order valence-electron chi connectivity index (χ3n) is 4.44. The van der Waals surface area contributed by atoms with Gasteiger partial charge in [-0.1, -0.05) is 13.8 Å². The number of hydrogen-bond donors (Lipinski definition) is 1. The minimum absolute atomic E-state index is 0.0176. The van der Waals surface area contributed by atoms with Crippen LogP contribution in [0.25, 0.3) is 0 Å². The maximum absolute atomic E-state index is 12.8. The normalized spacial score (nSPS) is 19.6. The molecule has 1 fully saturated rings. The Labute approximate surface area is 116 Å². The fourth-order valence-electron chi connectivity index (χ4n) is 2.80. The summed E-state index contributed by atoms with van der Waals surface area (Å²) in [5.74, 6) is 0.0710. The average Bonchev–Trinajstić information content (AvgIpc) is 2.89. The number of nitrogens with two attached hydrogens (primary N) is 1. The van der Waals surface area contributed by atoms with E-state index in [0.717, 1.165) is 25.7 Å². The lowest BCUT2D eigenvalue weighted by molar-refractivity contribution is -0.149. The predicted octanol–water partition coefficient (Wildman–Crippen LogP) is 0.831. The highest BCUT2D eigenvalue weighted by Crippen LogP contribution is 2.31. The van der Waals surface area contributed by atoms with Crippen molar-refractivity contribution >= 4 is 11.8 Å². The van der Waals surface area contributed by atoms with E-state index in [1.807, 2.05) is 13.8 Å². The highest BCUT2D eigenvalue weighted by molar-refractivity contribution is 5.90. The molecule has 5 nitrogen and oxygen atoms in total. The molecule has 1 atom stereocenters. The first-order valence-corrected chi connectivity index (χ1v) is 7.15. The van der Waals surface area contributed by atoms with E-state index in [1.165, 1.54) is 0 Å². The molecule has 1 aliphatic rings. The fourth-order valence-corrected chi connectivity index (χ4v) is 2.80. The number of nitrogens with zero attached hydrogens (tertiary/aromatic N) is 2. The molecular weight excluding hydrogens is 242 g/mol. The van der Waals surface area contributed by atoms with E-state index in [9.17, 15) is 9.59 Å². The molecule has 110 valence electrons. The van der Waals surface area contributed by atoms with Crippen molar-refractivity contribution in [2.45, 2.75) is 45.6 Å². The fraction of sp³-hybridized carbons (Fsp3) is 0.857. The first-order chi connectivity index (χ1) is 8.93. The molecule has 0 bridgehead atoms. The zero-order valence-electron chi connectivity index (χ0n) is 12.6. The van der Waals surface area contributed by atoms with Crippen LogP contribution in [0.2, 0.25) is 0 Å². The van der Waals surface area contributed by atoms with Crippen molar-refractivity contribution < 1.29 is 9.59 Å². The predicted molar refractivity (Wildman–Crippen MR) is 75.5 cm³/mol. The van der Waals surface area contributed by atoms with Gasteiger partial charge in [-0.05, 0) is 25.7 Å². The lowest BCUT2D eigenvalue weighted by Gasteiger charge is -2.36. The van der Waals surface area contributed by atoms with Crippen molar-refractivity contribution in [3.8, 4) is 0 Å². The number of carbonyl (C=O) groups is 2. The van der Waals surface area contributed by atoms with Crippen molar-refractivity contribution in [1.82, 2.24) is 9.80 Å². The van der Waals surface area contributed by atoms with Crippen molar-refractivity contribution in [2.75, 3.05) is 27.2 Å². The van der Waals surface area contributed by atoms with Crippen LogP contribution in [0.1, 0.15) is 39.5 Å². The third-order valence-corrected chi connectivity index (χ3v) is 4.44. The van der Waals surface area contributed by atoms with Crippen LogP contribution in [0.15, 0.2) is 0 Å². The SMILES string of the molecule is CCC(CC)(CN)C(=O)N1CCCC1C(=O)N(C)C. The number of rotatable bonds is 5. The second-order valence-corrected chi connectivity index (χ2v) is 5.58. The van der Waals surface area contributed by atoms with Crippen LogP contribution in [0.5, 0.6) is 0 Å². The monoisotopic (exact) mass is 269 g/mol. The van der Waals surface area contributed by atoms with Gasteiger partial charge in [0.05, 0.1) is 5.41 Å². The van der Waals surface area contributed by atoms with E-state index < -0.39 is 5.41 Å². The molecule has 19 heavy (non-hydrogen) atoms. The van der Waals surface area contributed by atoms with Gasteiger partial charge in [0.2, 0.25) is 11.8 Å². The molecule has 0 aliphatic carbocycles. The Morgan fingerprint density at radius 2 is 1.89 bits per heavy atom. The molecule has 0 saturated carbocycles. The summed E-state index contributed by atoms with van der Waals surface area (Å²) >= 11 is 0. The summed E-state index contributed by atoms with van der Waals surface area (Å²) in [5, 5.41) is 0. The van der Waals surface area contributed by atoms with Crippen LogP contribution >= 0.6 is 0 Å². The molecule has 1 unspecified atom stereocenters. The minimum Gasteiger partial charge on any atom is -0.347 e. The quantitative estimate of drug-likeness (QED) is 0.804. The Hall–Kier alpha value is -1.10. The topological polar surface area (TPSA) is 66.6 Å². The zero-order valence-corrected chi connectivity index (χ0v) is 12.6. The van der Waals surface area contributed by atoms with E-state index in [1.54, 1.807) is 23.9 Å². The Morgan fingerprint density at radius 3 is 2.32 bits per heavy atom. The standard InChI is InChI=1S/C14H27N3O2/c1-5-14(6-2,10-15)13(19)17-9-7-8-11(17)12(18)16(3)4/h11H,5-10,15H2,1-4H3. The van der Waals surface area contributed by atoms with Gasteiger partial charge in [-0.2, -0.15) is 0 Å². The average molecular weight is 269 g/mol. The van der Waals surface area contributed by atoms with Crippen LogP contribution < -0.4 is 5.73 Å². The van der Waals surface area contributed by atoms with E-state index in [-0.39, 0.29) is 17.9 Å². The first kappa shape index (κ1) is 16.0. The first-order valence-electron chi connectivity index (χ1n) is 7.15. The molecule has 0 spiro atoms. The minimum atomic E-state index is -0.505. The molecule has 2 N–H and O–H groups in total. The zero-order chi connectivity index (χ0) is 14.6. The molecule has 1 heterocycles. The molecule has 0 aromatic rings. The number of amides is 2. The summed E-state index contributed by atoms with van der Waals surface area (Å²) in [6.45, 7) is 5.00. The van der Waals surface area contributed by atoms with E-state index in [2.05, 4.69) is 0 Å². The Morgan fingerprint density at radius 1 is 1.32 bits per heavy atom. The molecule has 0 aromatic carbocycles. The van der Waals surface area contributed by atoms with Gasteiger partial charge in [-0.3, -0.25) is 9.59 Å². The molecular formula is C14H27N3O2. The third kappa shape index (κ3) is 2.91. The van der Waals surface area contributed by atoms with Gasteiger partial charge in [0, 0.05) is 27.2 Å². The van der Waals surface area contributed by atoms with Gasteiger partial charge in [-0.15, -0.1) is 0 Å². The molecule has 0 radical (unpaired) electrons. The van der Waals surface area contributed by atoms with Gasteiger partial charge in [0.25, 0.3) is 0 Å². The summed E-state index contributed by atoms with van der Waals surface area (Å²) in [5.41, 5.74) is 5.33. The largest absolute Gasteiger partial charge is 0.347 e. The lowest BCUT2D eigenvalue weighted by atomic mass is 9.80. The Balaban J connectivity index is 2.94. The van der Waals surface area contributed by atoms with Crippen LogP contribution in [0.3, 0.4) is 0 Å². The second kappa shape index (κ2) is 6.37. The molecule has 2 amide bonds. The smallest absolute Gasteiger partial charge is 0.244 e. The highest BCUT2D eigenvalue weighted by atomic mass is 16.2. The molecule has 1 saturated heterocycles. The van der Waals surface area contributed by atoms with Crippen LogP contribution in [0, 0.1) is 5.41 Å². The van der Waals surface area contributed by atoms with Gasteiger partial charge in [0.1, 0.15) is 6.04 Å². The van der Waals surface area contributed by atoms with Crippen molar-refractivity contribution in [3.05, 3.63) is 0 Å². The van der Waals surface area contributed by atoms with Gasteiger partial charge < -0.3 is 15.5 Å². The van der Waals surface area contributed by atoms with Gasteiger partial charge in [-0.25, -0.2) is 0 Å². The molecule has 1 aliphatic heterocycles. The number of likely N-dealkylation sites (tertiary alicyclic amines) is 1. The number of likely N-dealkylation sites (N-methyl/N-ethyl adjacent to an activating group) is 1. The second-order valence-electron chi connectivity index (χ2n) is 5.58. The summed E-state index contributed by atoms with van der Waals surface area (Å²) in [4.78, 5) is 28.2. The maximum Gasteiger partial charge on any atom is 0.244 e. The molecule has 0 aromatic heterocycles. The summed E-state index contributed by atoms with van der Waals surface area (Å²) in [6, 6.07) is -0.300. The number of hydrogen-bond acceptors (Lipinski definition) is 3. The van der Waals surface area contributed by atoms with Crippen molar-refractivity contribution in [2.24, 2.45) is 11.1 Å². The maximum atomic E-state index is 12.8. The summed E-state index contributed by atoms with van der Waals surface area (Å²) in [6.07, 6.45) is 3.09. The number of carbonyl (C=O) groups excluding carboxylic acids is 2. The Kier molecular flexibility index (Phi) is 5.35. The molecule has 1 rings (SSSR count). The van der Waals surface area contributed by atoms with Crippen molar-refractivity contribution in [1.29, 1.82) is 0 Å². The summed E-state index contributed by atoms with van der Waals surface area (Å²) < 4.78 is 0. The Bertz CT molecular complexity index is 329. The van der Waals surface area contributed by atoms with Crippen LogP contribution in [-0.2, 0) is 9.59 Å². The molecule has 5 heteroatoms. The van der Waals surface area contributed by atoms with Gasteiger partial charge >= 0.3 is 0 Å². The van der Waals surface area contributed by atoms with Gasteiger partial charge in [0.15, 0.2) is 0 Å². The highest BCUT2D eigenvalue weighted by Gasteiger charge is 2.43. The van der Waals surface area contributed by atoms with E-state index >= 15 is 0 Å².